The Hall–Kier alpha value is -3.89. The summed E-state index contributed by atoms with van der Waals surface area (Å²) in [4.78, 5) is 67.4. The smallest absolute Gasteiger partial charge is 0.408 e. The molecule has 0 spiro atoms. The fraction of sp³-hybridized carbons (Fsp3) is 0.618. The van der Waals surface area contributed by atoms with Crippen molar-refractivity contribution in [1.29, 1.82) is 0 Å². The predicted molar refractivity (Wildman–Crippen MR) is 172 cm³/mol. The number of carbonyl (C=O) groups is 5. The number of likely N-dealkylation sites (tertiary alicyclic amines) is 1. The lowest BCUT2D eigenvalue weighted by atomic mass is 9.99. The van der Waals surface area contributed by atoms with Gasteiger partial charge in [-0.25, -0.2) is 9.59 Å². The molecule has 0 unspecified atom stereocenters. The van der Waals surface area contributed by atoms with Crippen LogP contribution in [0, 0.1) is 0 Å². The number of esters is 1. The molecule has 0 saturated carbocycles. The van der Waals surface area contributed by atoms with E-state index >= 15 is 0 Å². The highest BCUT2D eigenvalue weighted by atomic mass is 16.6. The van der Waals surface area contributed by atoms with Gasteiger partial charge in [0.25, 0.3) is 0 Å². The second-order valence-corrected chi connectivity index (χ2v) is 12.9. The van der Waals surface area contributed by atoms with Gasteiger partial charge in [-0.2, -0.15) is 0 Å². The van der Waals surface area contributed by atoms with Crippen LogP contribution in [0.5, 0.6) is 0 Å². The third-order valence-electron chi connectivity index (χ3n) is 7.51. The minimum absolute atomic E-state index is 0.190. The van der Waals surface area contributed by atoms with Crippen molar-refractivity contribution in [3.05, 3.63) is 48.0 Å². The van der Waals surface area contributed by atoms with E-state index in [0.29, 0.717) is 32.2 Å². The number of hydrogen-bond donors (Lipinski definition) is 3. The number of nitrogens with zero attached hydrogens (tertiary/aromatic N) is 1. The largest absolute Gasteiger partial charge is 0.467 e. The quantitative estimate of drug-likeness (QED) is 0.150. The van der Waals surface area contributed by atoms with Gasteiger partial charge in [0.15, 0.2) is 0 Å². The molecule has 1 fully saturated rings. The van der Waals surface area contributed by atoms with E-state index in [1.165, 1.54) is 12.0 Å². The molecular weight excluding hydrogens is 576 g/mol. The summed E-state index contributed by atoms with van der Waals surface area (Å²) >= 11 is 0. The number of benzene rings is 1. The molecule has 11 nitrogen and oxygen atoms in total. The predicted octanol–water partition coefficient (Wildman–Crippen LogP) is 4.19. The highest BCUT2D eigenvalue weighted by Crippen LogP contribution is 2.21. The van der Waals surface area contributed by atoms with Gasteiger partial charge in [-0.05, 0) is 79.2 Å². The fourth-order valence-electron chi connectivity index (χ4n) is 5.12. The van der Waals surface area contributed by atoms with Crippen LogP contribution in [0.1, 0.15) is 92.1 Å². The summed E-state index contributed by atoms with van der Waals surface area (Å²) in [7, 11) is 1.28. The third-order valence-corrected chi connectivity index (χ3v) is 7.51. The molecule has 3 N–H and O–H groups in total. The number of allylic oxidation sites excluding steroid dienone is 2. The van der Waals surface area contributed by atoms with E-state index in [1.54, 1.807) is 34.6 Å². The first kappa shape index (κ1) is 37.3. The molecule has 250 valence electrons. The number of nitrogens with one attached hydrogen (secondary N) is 3. The molecule has 0 bridgehead atoms. The highest BCUT2D eigenvalue weighted by Gasteiger charge is 2.40. The van der Waals surface area contributed by atoms with Crippen molar-refractivity contribution in [3.63, 3.8) is 0 Å². The van der Waals surface area contributed by atoms with Crippen molar-refractivity contribution in [2.75, 3.05) is 13.7 Å². The average molecular weight is 629 g/mol. The summed E-state index contributed by atoms with van der Waals surface area (Å²) < 4.78 is 10.3. The zero-order chi connectivity index (χ0) is 33.6. The molecule has 1 aliphatic rings. The Balaban J connectivity index is 2.20. The van der Waals surface area contributed by atoms with Crippen LogP contribution in [-0.2, 0) is 35.1 Å². The Labute approximate surface area is 267 Å². The minimum Gasteiger partial charge on any atom is -0.467 e. The normalized spacial score (nSPS) is 16.5. The molecule has 0 aliphatic carbocycles. The zero-order valence-corrected chi connectivity index (χ0v) is 27.9. The van der Waals surface area contributed by atoms with Gasteiger partial charge >= 0.3 is 12.1 Å². The maximum absolute atomic E-state index is 13.8. The van der Waals surface area contributed by atoms with Gasteiger partial charge in [0.2, 0.25) is 17.7 Å². The molecule has 3 atom stereocenters. The summed E-state index contributed by atoms with van der Waals surface area (Å²) in [6, 6.07) is 6.61. The Bertz CT molecular complexity index is 1180. The van der Waals surface area contributed by atoms with E-state index in [2.05, 4.69) is 22.0 Å². The molecule has 11 heteroatoms. The Kier molecular flexibility index (Phi) is 14.6. The molecule has 0 radical (unpaired) electrons. The molecule has 4 amide bonds. The second kappa shape index (κ2) is 17.6. The number of carbonyl (C=O) groups excluding carboxylic acids is 5. The van der Waals surface area contributed by atoms with Crippen molar-refractivity contribution >= 4 is 29.8 Å². The van der Waals surface area contributed by atoms with E-state index in [9.17, 15) is 24.0 Å². The van der Waals surface area contributed by atoms with E-state index in [-0.39, 0.29) is 6.42 Å². The average Bonchev–Trinajstić information content (AvgIpc) is 3.46. The van der Waals surface area contributed by atoms with Gasteiger partial charge in [-0.3, -0.25) is 14.4 Å². The second-order valence-electron chi connectivity index (χ2n) is 12.9. The third kappa shape index (κ3) is 12.6. The van der Waals surface area contributed by atoms with Gasteiger partial charge in [0.05, 0.1) is 7.11 Å². The maximum atomic E-state index is 13.8. The molecule has 1 heterocycles. The number of ether oxygens (including phenoxy) is 2. The monoisotopic (exact) mass is 628 g/mol. The molecule has 1 saturated heterocycles. The van der Waals surface area contributed by atoms with E-state index < -0.39 is 59.0 Å². The van der Waals surface area contributed by atoms with Gasteiger partial charge in [-0.15, -0.1) is 0 Å². The number of unbranched alkanes of at least 4 members (excludes halogenated alkanes) is 3. The van der Waals surface area contributed by atoms with Gasteiger partial charge in [-0.1, -0.05) is 55.3 Å². The topological polar surface area (TPSA) is 143 Å². The first-order valence-electron chi connectivity index (χ1n) is 15.8. The summed E-state index contributed by atoms with van der Waals surface area (Å²) in [5.74, 6) is -2.01. The number of alkyl carbamates (subject to hydrolysis) is 1. The lowest BCUT2D eigenvalue weighted by Crippen LogP contribution is -2.62. The van der Waals surface area contributed by atoms with Crippen LogP contribution < -0.4 is 16.0 Å². The van der Waals surface area contributed by atoms with Crippen molar-refractivity contribution in [2.24, 2.45) is 0 Å². The van der Waals surface area contributed by atoms with E-state index in [4.69, 9.17) is 9.47 Å². The lowest BCUT2D eigenvalue weighted by molar-refractivity contribution is -0.152. The van der Waals surface area contributed by atoms with E-state index in [0.717, 1.165) is 24.8 Å². The minimum atomic E-state index is -1.45. The molecule has 1 aromatic carbocycles. The summed E-state index contributed by atoms with van der Waals surface area (Å²) in [6.45, 7) is 10.6. The Morgan fingerprint density at radius 1 is 0.978 bits per heavy atom. The molecule has 1 aliphatic heterocycles. The zero-order valence-electron chi connectivity index (χ0n) is 27.9. The summed E-state index contributed by atoms with van der Waals surface area (Å²) in [5.41, 5.74) is -1.37. The van der Waals surface area contributed by atoms with Crippen molar-refractivity contribution < 1.29 is 33.4 Å². The molecule has 45 heavy (non-hydrogen) atoms. The maximum Gasteiger partial charge on any atom is 0.408 e. The number of methoxy groups -OCH3 is 1. The number of rotatable bonds is 15. The van der Waals surface area contributed by atoms with Gasteiger partial charge < -0.3 is 30.3 Å². The first-order valence-corrected chi connectivity index (χ1v) is 15.8. The van der Waals surface area contributed by atoms with Crippen molar-refractivity contribution in [1.82, 2.24) is 20.9 Å². The fourth-order valence-corrected chi connectivity index (χ4v) is 5.12. The molecular formula is C34H52N4O7. The van der Waals surface area contributed by atoms with Crippen LogP contribution in [0.2, 0.25) is 0 Å². The first-order chi connectivity index (χ1) is 21.2. The number of hydrogen-bond acceptors (Lipinski definition) is 7. The van der Waals surface area contributed by atoms with Crippen LogP contribution in [-0.4, -0.2) is 77.6 Å². The van der Waals surface area contributed by atoms with Gasteiger partial charge in [0.1, 0.15) is 29.3 Å². The molecule has 1 aromatic rings. The van der Waals surface area contributed by atoms with Crippen LogP contribution in [0.25, 0.3) is 0 Å². The standard InChI is InChI=1S/C34H52N4O7/c1-8-9-10-11-12-16-20-25(36-32(43)45-33(2,3)4)28(39)37-34(5,6)31(42)35-26(23-24-18-14-13-15-19-24)29(40)38-22-17-21-27(38)30(41)44-7/h8-9,13-15,18-19,25-27H,10-12,16-17,20-23H2,1-7H3,(H,35,42)(H,36,43)(H,37,39)/b9-8+/t25-,26-,27-/m0/s1. The van der Waals surface area contributed by atoms with Crippen LogP contribution >= 0.6 is 0 Å². The lowest BCUT2D eigenvalue weighted by Gasteiger charge is -2.32. The van der Waals surface area contributed by atoms with Crippen molar-refractivity contribution in [2.45, 2.75) is 122 Å². The Morgan fingerprint density at radius 2 is 1.67 bits per heavy atom. The van der Waals surface area contributed by atoms with E-state index in [1.807, 2.05) is 43.3 Å². The highest BCUT2D eigenvalue weighted by molar-refractivity contribution is 5.96. The summed E-state index contributed by atoms with van der Waals surface area (Å²) in [5, 5.41) is 8.26. The van der Waals surface area contributed by atoms with Crippen LogP contribution in [0.15, 0.2) is 42.5 Å². The summed E-state index contributed by atoms with van der Waals surface area (Å²) in [6.07, 6.45) is 8.44. The SMILES string of the molecule is C/C=C/CCCCC[C@H](NC(=O)OC(C)(C)C)C(=O)NC(C)(C)C(=O)N[C@@H](Cc1ccccc1)C(=O)N1CCC[C@H]1C(=O)OC. The van der Waals surface area contributed by atoms with Crippen LogP contribution in [0.3, 0.4) is 0 Å². The van der Waals surface area contributed by atoms with Gasteiger partial charge in [0, 0.05) is 13.0 Å². The van der Waals surface area contributed by atoms with Crippen LogP contribution in [0.4, 0.5) is 4.79 Å². The molecule has 2 rings (SSSR count). The van der Waals surface area contributed by atoms with Crippen molar-refractivity contribution in [3.8, 4) is 0 Å². The molecule has 0 aromatic heterocycles. The number of amides is 4. The Morgan fingerprint density at radius 3 is 2.29 bits per heavy atom.